The van der Waals surface area contributed by atoms with Gasteiger partial charge in [-0.15, -0.1) is 0 Å². The maximum Gasteiger partial charge on any atom is 0.260 e. The average molecular weight is 395 g/mol. The summed E-state index contributed by atoms with van der Waals surface area (Å²) in [5.74, 6) is -0.481. The molecule has 0 bridgehead atoms. The highest BCUT2D eigenvalue weighted by molar-refractivity contribution is 8.00. The number of halogens is 2. The molecule has 4 nitrogen and oxygen atoms in total. The number of carbonyl (C=O) groups is 2. The van der Waals surface area contributed by atoms with Crippen LogP contribution >= 0.6 is 35.0 Å². The third-order valence-corrected chi connectivity index (χ3v) is 5.89. The topological polar surface area (TPSA) is 50.3 Å². The van der Waals surface area contributed by atoms with E-state index < -0.39 is 0 Å². The van der Waals surface area contributed by atoms with E-state index in [9.17, 15) is 9.59 Å². The quantitative estimate of drug-likeness (QED) is 0.707. The van der Waals surface area contributed by atoms with Crippen molar-refractivity contribution < 1.29 is 9.59 Å². The first-order valence-corrected chi connectivity index (χ1v) is 9.58. The summed E-state index contributed by atoms with van der Waals surface area (Å²) in [6.07, 6.45) is 4.00. The van der Waals surface area contributed by atoms with Crippen LogP contribution in [0, 0.1) is 0 Å². The fraction of sp³-hybridized carbons (Fsp3) is 0.278. The predicted molar refractivity (Wildman–Crippen MR) is 100 cm³/mol. The molecule has 0 radical (unpaired) electrons. The Kier molecular flexibility index (Phi) is 5.99. The van der Waals surface area contributed by atoms with E-state index in [1.165, 1.54) is 16.7 Å². The number of pyridine rings is 1. The van der Waals surface area contributed by atoms with Crippen molar-refractivity contribution in [2.75, 3.05) is 6.54 Å². The van der Waals surface area contributed by atoms with Crippen molar-refractivity contribution in [2.45, 2.75) is 29.5 Å². The Hall–Kier alpha value is -1.56. The second-order valence-corrected chi connectivity index (χ2v) is 7.73. The molecule has 2 amide bonds. The third-order valence-electron chi connectivity index (χ3n) is 3.95. The normalized spacial score (nSPS) is 18.1. The summed E-state index contributed by atoms with van der Waals surface area (Å²) >= 11 is 13.3. The summed E-state index contributed by atoms with van der Waals surface area (Å²) in [6.45, 7) is 0.424. The van der Waals surface area contributed by atoms with Crippen molar-refractivity contribution in [3.63, 3.8) is 0 Å². The molecule has 1 saturated heterocycles. The Labute approximate surface area is 160 Å². The van der Waals surface area contributed by atoms with Crippen LogP contribution in [0.5, 0.6) is 0 Å². The van der Waals surface area contributed by atoms with Crippen molar-refractivity contribution in [1.82, 2.24) is 9.88 Å². The number of thioether (sulfide) groups is 1. The number of rotatable bonds is 3. The van der Waals surface area contributed by atoms with Gasteiger partial charge in [-0.05, 0) is 49.2 Å². The number of carbonyl (C=O) groups excluding carboxylic acids is 2. The zero-order chi connectivity index (χ0) is 17.8. The maximum atomic E-state index is 12.9. The summed E-state index contributed by atoms with van der Waals surface area (Å²) < 4.78 is 0. The number of amides is 2. The first-order valence-electron chi connectivity index (χ1n) is 7.94. The van der Waals surface area contributed by atoms with E-state index in [0.29, 0.717) is 33.6 Å². The van der Waals surface area contributed by atoms with Crippen molar-refractivity contribution in [2.24, 2.45) is 0 Å². The molecule has 1 fully saturated rings. The van der Waals surface area contributed by atoms with Gasteiger partial charge in [-0.3, -0.25) is 14.5 Å². The van der Waals surface area contributed by atoms with Crippen LogP contribution in [-0.2, 0) is 4.79 Å². The van der Waals surface area contributed by atoms with Gasteiger partial charge in [0.2, 0.25) is 5.91 Å². The molecule has 1 aromatic carbocycles. The molecule has 2 heterocycles. The number of likely N-dealkylation sites (tertiary alicyclic amines) is 1. The Balaban J connectivity index is 1.80. The molecule has 1 atom stereocenters. The lowest BCUT2D eigenvalue weighted by Gasteiger charge is -2.22. The molecular weight excluding hydrogens is 379 g/mol. The predicted octanol–water partition coefficient (Wildman–Crippen LogP) is 4.70. The smallest absolute Gasteiger partial charge is 0.260 e. The van der Waals surface area contributed by atoms with Gasteiger partial charge in [-0.1, -0.05) is 41.4 Å². The highest BCUT2D eigenvalue weighted by atomic mass is 35.5. The van der Waals surface area contributed by atoms with Crippen molar-refractivity contribution in [3.8, 4) is 0 Å². The SMILES string of the molecule is O=C(c1ccc(Cl)cc1)N1CCCCC(Sc2ncccc2Cl)C1=O. The molecule has 7 heteroatoms. The van der Waals surface area contributed by atoms with Crippen molar-refractivity contribution >= 4 is 46.8 Å². The molecule has 1 unspecified atom stereocenters. The molecule has 0 spiro atoms. The molecule has 2 aromatic rings. The second kappa shape index (κ2) is 8.21. The van der Waals surface area contributed by atoms with Crippen LogP contribution in [0.3, 0.4) is 0 Å². The number of aromatic nitrogens is 1. The van der Waals surface area contributed by atoms with Crippen LogP contribution < -0.4 is 0 Å². The largest absolute Gasteiger partial charge is 0.278 e. The van der Waals surface area contributed by atoms with Crippen molar-refractivity contribution in [3.05, 3.63) is 58.2 Å². The van der Waals surface area contributed by atoms with Gasteiger partial charge in [0.25, 0.3) is 5.91 Å². The monoisotopic (exact) mass is 394 g/mol. The number of imide groups is 1. The van der Waals surface area contributed by atoms with E-state index >= 15 is 0 Å². The molecule has 1 aliphatic rings. The number of hydrogen-bond acceptors (Lipinski definition) is 4. The Bertz CT molecular complexity index is 783. The highest BCUT2D eigenvalue weighted by Crippen LogP contribution is 2.33. The Morgan fingerprint density at radius 2 is 1.92 bits per heavy atom. The first-order chi connectivity index (χ1) is 12.1. The Morgan fingerprint density at radius 1 is 1.16 bits per heavy atom. The zero-order valence-corrected chi connectivity index (χ0v) is 15.7. The lowest BCUT2D eigenvalue weighted by Crippen LogP contribution is -2.41. The summed E-state index contributed by atoms with van der Waals surface area (Å²) in [6, 6.07) is 10.1. The average Bonchev–Trinajstić information content (AvgIpc) is 2.79. The van der Waals surface area contributed by atoms with Gasteiger partial charge in [0.15, 0.2) is 0 Å². The molecule has 1 aromatic heterocycles. The van der Waals surface area contributed by atoms with Gasteiger partial charge in [0.1, 0.15) is 5.03 Å². The van der Waals surface area contributed by atoms with Gasteiger partial charge in [-0.25, -0.2) is 4.98 Å². The van der Waals surface area contributed by atoms with E-state index in [0.717, 1.165) is 12.8 Å². The Morgan fingerprint density at radius 3 is 2.64 bits per heavy atom. The maximum absolute atomic E-state index is 12.9. The molecule has 3 rings (SSSR count). The minimum atomic E-state index is -0.369. The van der Waals surface area contributed by atoms with E-state index in [4.69, 9.17) is 23.2 Å². The molecule has 0 saturated carbocycles. The van der Waals surface area contributed by atoms with E-state index in [-0.39, 0.29) is 17.1 Å². The summed E-state index contributed by atoms with van der Waals surface area (Å²) in [4.78, 5) is 31.3. The van der Waals surface area contributed by atoms with Gasteiger partial charge >= 0.3 is 0 Å². The minimum absolute atomic E-state index is 0.191. The van der Waals surface area contributed by atoms with Crippen LogP contribution in [0.2, 0.25) is 10.0 Å². The molecule has 0 aliphatic carbocycles. The van der Waals surface area contributed by atoms with Gasteiger partial charge < -0.3 is 0 Å². The van der Waals surface area contributed by atoms with Gasteiger partial charge in [0, 0.05) is 23.3 Å². The lowest BCUT2D eigenvalue weighted by molar-refractivity contribution is -0.127. The molecule has 130 valence electrons. The fourth-order valence-corrected chi connectivity index (χ4v) is 4.12. The van der Waals surface area contributed by atoms with Crippen LogP contribution in [0.25, 0.3) is 0 Å². The molecular formula is C18H16Cl2N2O2S. The molecule has 25 heavy (non-hydrogen) atoms. The minimum Gasteiger partial charge on any atom is -0.278 e. The standard InChI is InChI=1S/C18H16Cl2N2O2S/c19-13-8-6-12(7-9-13)17(23)22-11-2-1-5-15(18(22)24)25-16-14(20)4-3-10-21-16/h3-4,6-10,15H,1-2,5,11H2. The molecule has 1 aliphatic heterocycles. The third kappa shape index (κ3) is 4.35. The first kappa shape index (κ1) is 18.2. The molecule has 0 N–H and O–H groups in total. The van der Waals surface area contributed by atoms with Gasteiger partial charge in [0.05, 0.1) is 10.3 Å². The summed E-state index contributed by atoms with van der Waals surface area (Å²) in [7, 11) is 0. The summed E-state index contributed by atoms with van der Waals surface area (Å²) in [5.41, 5.74) is 0.458. The van der Waals surface area contributed by atoms with E-state index in [2.05, 4.69) is 4.98 Å². The van der Waals surface area contributed by atoms with Crippen LogP contribution in [0.1, 0.15) is 29.6 Å². The lowest BCUT2D eigenvalue weighted by atomic mass is 10.2. The van der Waals surface area contributed by atoms with E-state index in [1.54, 1.807) is 42.6 Å². The van der Waals surface area contributed by atoms with Crippen LogP contribution in [0.15, 0.2) is 47.6 Å². The van der Waals surface area contributed by atoms with Gasteiger partial charge in [-0.2, -0.15) is 0 Å². The fourth-order valence-electron chi connectivity index (χ4n) is 2.66. The summed E-state index contributed by atoms with van der Waals surface area (Å²) in [5, 5.41) is 1.31. The van der Waals surface area contributed by atoms with Crippen LogP contribution in [0.4, 0.5) is 0 Å². The second-order valence-electron chi connectivity index (χ2n) is 5.69. The van der Waals surface area contributed by atoms with Crippen LogP contribution in [-0.4, -0.2) is 33.5 Å². The zero-order valence-electron chi connectivity index (χ0n) is 13.3. The number of benzene rings is 1. The number of nitrogens with zero attached hydrogens (tertiary/aromatic N) is 2. The highest BCUT2D eigenvalue weighted by Gasteiger charge is 2.32. The van der Waals surface area contributed by atoms with E-state index in [1.807, 2.05) is 0 Å². The number of hydrogen-bond donors (Lipinski definition) is 0. The van der Waals surface area contributed by atoms with Crippen molar-refractivity contribution in [1.29, 1.82) is 0 Å².